The van der Waals surface area contributed by atoms with E-state index in [0.29, 0.717) is 17.9 Å². The highest BCUT2D eigenvalue weighted by Gasteiger charge is 2.30. The van der Waals surface area contributed by atoms with Crippen molar-refractivity contribution in [3.8, 4) is 12.3 Å². The average Bonchev–Trinajstić information content (AvgIpc) is 3.21. The van der Waals surface area contributed by atoms with Gasteiger partial charge in [0, 0.05) is 18.0 Å². The first-order valence-electron chi connectivity index (χ1n) is 8.66. The van der Waals surface area contributed by atoms with Gasteiger partial charge in [-0.25, -0.2) is 9.98 Å². The van der Waals surface area contributed by atoms with Crippen LogP contribution in [-0.2, 0) is 6.54 Å². The van der Waals surface area contributed by atoms with Crippen LogP contribution in [0.5, 0.6) is 0 Å². The van der Waals surface area contributed by atoms with E-state index in [-0.39, 0.29) is 23.0 Å². The van der Waals surface area contributed by atoms with Crippen LogP contribution in [0, 0.1) is 22.8 Å². The molecule has 4 rings (SSSR count). The van der Waals surface area contributed by atoms with Gasteiger partial charge in [0.15, 0.2) is 6.19 Å². The Bertz CT molecular complexity index is 1180. The molecule has 0 saturated carbocycles. The van der Waals surface area contributed by atoms with Crippen LogP contribution < -0.4 is 22.1 Å². The van der Waals surface area contributed by atoms with Crippen molar-refractivity contribution in [2.24, 2.45) is 4.99 Å². The van der Waals surface area contributed by atoms with E-state index >= 15 is 0 Å². The summed E-state index contributed by atoms with van der Waals surface area (Å²) in [6.07, 6.45) is 5.42. The molecule has 0 radical (unpaired) electrons. The zero-order chi connectivity index (χ0) is 20.4. The second-order valence-electron chi connectivity index (χ2n) is 6.30. The molecule has 1 aliphatic heterocycles. The molecule has 0 saturated heterocycles. The molecular formula is C19H16N10. The van der Waals surface area contributed by atoms with Crippen molar-refractivity contribution in [1.29, 1.82) is 10.5 Å². The van der Waals surface area contributed by atoms with E-state index in [1.54, 1.807) is 10.9 Å². The molecule has 0 spiro atoms. The van der Waals surface area contributed by atoms with Gasteiger partial charge in [-0.3, -0.25) is 10.00 Å². The van der Waals surface area contributed by atoms with Gasteiger partial charge in [0.25, 0.3) is 0 Å². The van der Waals surface area contributed by atoms with E-state index in [1.807, 2.05) is 48.8 Å². The van der Waals surface area contributed by atoms with Crippen molar-refractivity contribution in [1.82, 2.24) is 20.1 Å². The number of hydrogen-bond donors (Lipinski definition) is 4. The molecule has 29 heavy (non-hydrogen) atoms. The second-order valence-corrected chi connectivity index (χ2v) is 6.30. The van der Waals surface area contributed by atoms with Gasteiger partial charge in [0.1, 0.15) is 29.3 Å². The smallest absolute Gasteiger partial charge is 0.211 e. The molecule has 0 amide bonds. The lowest BCUT2D eigenvalue weighted by Gasteiger charge is -2.27. The Morgan fingerprint density at radius 3 is 2.76 bits per heavy atom. The largest absolute Gasteiger partial charge is 0.397 e. The fourth-order valence-electron chi connectivity index (χ4n) is 3.32. The number of nitriles is 2. The van der Waals surface area contributed by atoms with E-state index in [9.17, 15) is 5.26 Å². The first-order valence-corrected chi connectivity index (χ1v) is 8.66. The van der Waals surface area contributed by atoms with Gasteiger partial charge >= 0.3 is 0 Å². The summed E-state index contributed by atoms with van der Waals surface area (Å²) in [5.41, 5.74) is 14.8. The molecule has 1 aliphatic rings. The number of benzene rings is 1. The van der Waals surface area contributed by atoms with Crippen molar-refractivity contribution >= 4 is 23.3 Å². The number of nitrogens with one attached hydrogen (secondary N) is 2. The number of pyridine rings is 1. The summed E-state index contributed by atoms with van der Waals surface area (Å²) >= 11 is 0. The molecule has 0 fully saturated rings. The Morgan fingerprint density at radius 1 is 1.21 bits per heavy atom. The first-order chi connectivity index (χ1) is 14.1. The van der Waals surface area contributed by atoms with E-state index < -0.39 is 6.04 Å². The number of aromatic nitrogens is 3. The first kappa shape index (κ1) is 17.8. The van der Waals surface area contributed by atoms with Gasteiger partial charge in [-0.1, -0.05) is 24.3 Å². The number of rotatable bonds is 3. The highest BCUT2D eigenvalue weighted by molar-refractivity contribution is 5.98. The average molecular weight is 384 g/mol. The minimum atomic E-state index is -0.589. The predicted molar refractivity (Wildman–Crippen MR) is 107 cm³/mol. The third kappa shape index (κ3) is 3.15. The number of anilines is 3. The van der Waals surface area contributed by atoms with E-state index in [1.165, 1.54) is 0 Å². The summed E-state index contributed by atoms with van der Waals surface area (Å²) in [6.45, 7) is 0.520. The van der Waals surface area contributed by atoms with Crippen molar-refractivity contribution in [2.75, 3.05) is 16.8 Å². The van der Waals surface area contributed by atoms with Crippen molar-refractivity contribution < 1.29 is 0 Å². The summed E-state index contributed by atoms with van der Waals surface area (Å²) in [6, 6.07) is 11.0. The van der Waals surface area contributed by atoms with Crippen LogP contribution in [-0.4, -0.2) is 20.7 Å². The van der Waals surface area contributed by atoms with E-state index in [2.05, 4.69) is 25.7 Å². The number of nitrogens with two attached hydrogens (primary N) is 2. The quantitative estimate of drug-likeness (QED) is 0.387. The number of aliphatic imine (C=N–C) groups is 1. The monoisotopic (exact) mass is 384 g/mol. The lowest BCUT2D eigenvalue weighted by atomic mass is 9.92. The van der Waals surface area contributed by atoms with Gasteiger partial charge in [-0.15, -0.1) is 0 Å². The summed E-state index contributed by atoms with van der Waals surface area (Å²) in [7, 11) is 0. The fourth-order valence-corrected chi connectivity index (χ4v) is 3.32. The normalized spacial score (nSPS) is 14.7. The Morgan fingerprint density at radius 2 is 2.03 bits per heavy atom. The standard InChI is InChI=1S/C19H16N10/c20-8-13-15(22)14-16(26-19(24-10-21)28-18(14)27-17(13)23)12-5-2-1-4-11(12)9-29-7-3-6-25-29/h1-7,16H,9H2,(H6,22,23,24,26,27,28). The molecule has 3 heterocycles. The van der Waals surface area contributed by atoms with Crippen LogP contribution in [0.1, 0.15) is 28.3 Å². The summed E-state index contributed by atoms with van der Waals surface area (Å²) < 4.78 is 1.80. The van der Waals surface area contributed by atoms with E-state index in [0.717, 1.165) is 11.1 Å². The van der Waals surface area contributed by atoms with Crippen LogP contribution in [0.4, 0.5) is 17.3 Å². The minimum absolute atomic E-state index is 0.0121. The maximum absolute atomic E-state index is 9.45. The highest BCUT2D eigenvalue weighted by Crippen LogP contribution is 2.41. The lowest BCUT2D eigenvalue weighted by Crippen LogP contribution is -2.33. The molecule has 0 aliphatic carbocycles. The van der Waals surface area contributed by atoms with Gasteiger partial charge in [-0.2, -0.15) is 15.6 Å². The third-order valence-corrected chi connectivity index (χ3v) is 4.60. The third-order valence-electron chi connectivity index (χ3n) is 4.60. The molecule has 6 N–H and O–H groups in total. The van der Waals surface area contributed by atoms with Crippen molar-refractivity contribution in [3.63, 3.8) is 0 Å². The number of nitrogen functional groups attached to an aromatic ring is 2. The number of fused-ring (bicyclic) bond motifs is 1. The van der Waals surface area contributed by atoms with Crippen LogP contribution in [0.3, 0.4) is 0 Å². The molecular weight excluding hydrogens is 368 g/mol. The maximum atomic E-state index is 9.45. The molecule has 1 aromatic carbocycles. The Hall–Kier alpha value is -4.57. The van der Waals surface area contributed by atoms with Gasteiger partial charge in [0.2, 0.25) is 5.96 Å². The summed E-state index contributed by atoms with van der Waals surface area (Å²) in [5.74, 6) is 0.582. The van der Waals surface area contributed by atoms with Crippen LogP contribution in [0.2, 0.25) is 0 Å². The summed E-state index contributed by atoms with van der Waals surface area (Å²) in [5, 5.41) is 28.2. The van der Waals surface area contributed by atoms with Crippen molar-refractivity contribution in [3.05, 3.63) is 65.0 Å². The minimum Gasteiger partial charge on any atom is -0.397 e. The van der Waals surface area contributed by atoms with Gasteiger partial charge in [0.05, 0.1) is 12.2 Å². The molecule has 1 unspecified atom stereocenters. The summed E-state index contributed by atoms with van der Waals surface area (Å²) in [4.78, 5) is 8.89. The Labute approximate surface area is 166 Å². The van der Waals surface area contributed by atoms with Crippen LogP contribution in [0.25, 0.3) is 0 Å². The van der Waals surface area contributed by atoms with Gasteiger partial charge < -0.3 is 16.8 Å². The van der Waals surface area contributed by atoms with Crippen LogP contribution >= 0.6 is 0 Å². The Kier molecular flexibility index (Phi) is 4.43. The van der Waals surface area contributed by atoms with Gasteiger partial charge in [-0.05, 0) is 17.2 Å². The number of guanidine groups is 1. The molecule has 1 atom stereocenters. The van der Waals surface area contributed by atoms with Crippen LogP contribution in [0.15, 0.2) is 47.7 Å². The molecule has 0 bridgehead atoms. The zero-order valence-electron chi connectivity index (χ0n) is 15.2. The maximum Gasteiger partial charge on any atom is 0.211 e. The Balaban J connectivity index is 1.90. The number of hydrogen-bond acceptors (Lipinski definition) is 9. The zero-order valence-corrected chi connectivity index (χ0v) is 15.2. The predicted octanol–water partition coefficient (Wildman–Crippen LogP) is 1.30. The molecule has 10 heteroatoms. The topological polar surface area (TPSA) is 167 Å². The van der Waals surface area contributed by atoms with E-state index in [4.69, 9.17) is 16.7 Å². The highest BCUT2D eigenvalue weighted by atomic mass is 15.3. The molecule has 2 aromatic heterocycles. The molecule has 3 aromatic rings. The SMILES string of the molecule is N#CNC1=NC(c2ccccc2Cn2cccn2)c2c(nc(N)c(C#N)c2N)N1. The lowest BCUT2D eigenvalue weighted by molar-refractivity contribution is 0.675. The molecule has 142 valence electrons. The molecule has 10 nitrogen and oxygen atoms in total. The second kappa shape index (κ2) is 7.21. The van der Waals surface area contributed by atoms with Crippen molar-refractivity contribution in [2.45, 2.75) is 12.6 Å². The number of nitrogens with zero attached hydrogens (tertiary/aromatic N) is 6. The fraction of sp³-hybridized carbons (Fsp3) is 0.105.